The summed E-state index contributed by atoms with van der Waals surface area (Å²) in [5.41, 5.74) is 1.49. The molecular formula is C14H14N2O4S. The van der Waals surface area contributed by atoms with Gasteiger partial charge < -0.3 is 10.1 Å². The zero-order valence-corrected chi connectivity index (χ0v) is 12.1. The van der Waals surface area contributed by atoms with Gasteiger partial charge in [-0.2, -0.15) is 0 Å². The van der Waals surface area contributed by atoms with E-state index in [4.69, 9.17) is 5.11 Å². The maximum Gasteiger partial charge on any atom is 0.352 e. The Hall–Kier alpha value is -2.28. The minimum absolute atomic E-state index is 0.0385. The molecule has 21 heavy (non-hydrogen) atoms. The van der Waals surface area contributed by atoms with E-state index in [0.29, 0.717) is 12.1 Å². The number of H-pyrrole nitrogens is 1. The Bertz CT molecular complexity index is 810. The number of aromatic nitrogens is 1. The van der Waals surface area contributed by atoms with Gasteiger partial charge in [0.1, 0.15) is 10.6 Å². The van der Waals surface area contributed by atoms with Gasteiger partial charge in [-0.1, -0.05) is 18.2 Å². The first kappa shape index (κ1) is 13.7. The molecule has 2 N–H and O–H groups in total. The second-order valence-corrected chi connectivity index (χ2v) is 6.85. The van der Waals surface area contributed by atoms with Gasteiger partial charge >= 0.3 is 5.97 Å². The van der Waals surface area contributed by atoms with Crippen LogP contribution in [0.5, 0.6) is 0 Å². The third kappa shape index (κ3) is 2.09. The number of benzene rings is 1. The number of nitrogens with one attached hydrogen (secondary N) is 1. The number of carboxylic acids is 1. The van der Waals surface area contributed by atoms with Crippen LogP contribution in [0, 0.1) is 0 Å². The van der Waals surface area contributed by atoms with E-state index in [1.807, 2.05) is 19.1 Å². The first-order chi connectivity index (χ1) is 9.91. The molecule has 1 aromatic carbocycles. The van der Waals surface area contributed by atoms with Crippen LogP contribution in [0.2, 0.25) is 0 Å². The van der Waals surface area contributed by atoms with Gasteiger partial charge in [0, 0.05) is 12.2 Å². The summed E-state index contributed by atoms with van der Waals surface area (Å²) in [6.45, 7) is 1.84. The molecule has 2 heterocycles. The molecule has 0 radical (unpaired) electrons. The van der Waals surface area contributed by atoms with Crippen LogP contribution < -0.4 is 4.31 Å². The molecule has 2 aromatic rings. The molecule has 0 amide bonds. The molecular weight excluding hydrogens is 292 g/mol. The van der Waals surface area contributed by atoms with Crippen molar-refractivity contribution >= 4 is 21.7 Å². The minimum Gasteiger partial charge on any atom is -0.477 e. The van der Waals surface area contributed by atoms with Gasteiger partial charge in [0.05, 0.1) is 5.69 Å². The monoisotopic (exact) mass is 306 g/mol. The number of nitrogens with zero attached hydrogens (tertiary/aromatic N) is 1. The number of anilines is 1. The minimum atomic E-state index is -3.78. The third-order valence-electron chi connectivity index (χ3n) is 3.59. The highest BCUT2D eigenvalue weighted by molar-refractivity contribution is 7.92. The van der Waals surface area contributed by atoms with E-state index in [1.54, 1.807) is 12.1 Å². The summed E-state index contributed by atoms with van der Waals surface area (Å²) in [4.78, 5) is 13.3. The fourth-order valence-corrected chi connectivity index (χ4v) is 4.35. The van der Waals surface area contributed by atoms with Crippen molar-refractivity contribution in [2.24, 2.45) is 0 Å². The summed E-state index contributed by atoms with van der Waals surface area (Å²) in [7, 11) is -3.78. The van der Waals surface area contributed by atoms with Crippen molar-refractivity contribution in [3.63, 3.8) is 0 Å². The largest absolute Gasteiger partial charge is 0.477 e. The average molecular weight is 306 g/mol. The van der Waals surface area contributed by atoms with E-state index in [0.717, 1.165) is 11.6 Å². The van der Waals surface area contributed by atoms with Crippen LogP contribution in [-0.2, 0) is 16.4 Å². The lowest BCUT2D eigenvalue weighted by Crippen LogP contribution is -2.35. The van der Waals surface area contributed by atoms with Crippen molar-refractivity contribution in [2.75, 3.05) is 4.31 Å². The third-order valence-corrected chi connectivity index (χ3v) is 5.49. The van der Waals surface area contributed by atoms with E-state index in [9.17, 15) is 13.2 Å². The second kappa shape index (κ2) is 4.63. The lowest BCUT2D eigenvalue weighted by Gasteiger charge is -2.23. The van der Waals surface area contributed by atoms with Crippen LogP contribution in [0.15, 0.2) is 41.4 Å². The molecule has 6 nitrogen and oxygen atoms in total. The van der Waals surface area contributed by atoms with E-state index in [-0.39, 0.29) is 16.6 Å². The highest BCUT2D eigenvalue weighted by atomic mass is 32.2. The Morgan fingerprint density at radius 3 is 2.76 bits per heavy atom. The molecule has 1 aromatic heterocycles. The van der Waals surface area contributed by atoms with E-state index in [1.165, 1.54) is 10.5 Å². The summed E-state index contributed by atoms with van der Waals surface area (Å²) < 4.78 is 26.9. The van der Waals surface area contributed by atoms with E-state index < -0.39 is 16.0 Å². The Morgan fingerprint density at radius 2 is 2.10 bits per heavy atom. The average Bonchev–Trinajstić information content (AvgIpc) is 3.02. The van der Waals surface area contributed by atoms with Crippen LogP contribution in [0.25, 0.3) is 0 Å². The molecule has 0 saturated heterocycles. The standard InChI is InChI=1S/C14H14N2O4S/c1-9-6-10-4-2-3-5-13(10)16(9)21(19,20)11-7-12(14(17)18)15-8-11/h2-5,7-9,15H,6H2,1H3,(H,17,18). The van der Waals surface area contributed by atoms with Crippen molar-refractivity contribution in [3.8, 4) is 0 Å². The molecule has 1 atom stereocenters. The van der Waals surface area contributed by atoms with Gasteiger partial charge in [-0.3, -0.25) is 4.31 Å². The second-order valence-electron chi connectivity index (χ2n) is 5.04. The molecule has 1 aliphatic rings. The molecule has 0 bridgehead atoms. The van der Waals surface area contributed by atoms with Gasteiger partial charge in [0.25, 0.3) is 10.0 Å². The number of aromatic carboxylic acids is 1. The van der Waals surface area contributed by atoms with Crippen LogP contribution >= 0.6 is 0 Å². The number of carboxylic acid groups (broad SMARTS) is 1. The molecule has 0 aliphatic carbocycles. The summed E-state index contributed by atoms with van der Waals surface area (Å²) in [5.74, 6) is -1.19. The van der Waals surface area contributed by atoms with Gasteiger partial charge in [0.2, 0.25) is 0 Å². The number of para-hydroxylation sites is 1. The van der Waals surface area contributed by atoms with Gasteiger partial charge in [0.15, 0.2) is 0 Å². The molecule has 3 rings (SSSR count). The highest BCUT2D eigenvalue weighted by Crippen LogP contribution is 2.36. The van der Waals surface area contributed by atoms with Crippen molar-refractivity contribution in [1.82, 2.24) is 4.98 Å². The van der Waals surface area contributed by atoms with E-state index in [2.05, 4.69) is 4.98 Å². The maximum atomic E-state index is 12.8. The number of fused-ring (bicyclic) bond motifs is 1. The Labute approximate surface area is 122 Å². The Balaban J connectivity index is 2.08. The zero-order chi connectivity index (χ0) is 15.2. The van der Waals surface area contributed by atoms with Crippen LogP contribution in [0.4, 0.5) is 5.69 Å². The van der Waals surface area contributed by atoms with E-state index >= 15 is 0 Å². The molecule has 1 unspecified atom stereocenters. The van der Waals surface area contributed by atoms with Crippen LogP contribution in [0.1, 0.15) is 23.0 Å². The zero-order valence-electron chi connectivity index (χ0n) is 11.3. The van der Waals surface area contributed by atoms with Crippen LogP contribution in [-0.4, -0.2) is 30.5 Å². The molecule has 110 valence electrons. The molecule has 1 aliphatic heterocycles. The topological polar surface area (TPSA) is 90.5 Å². The van der Waals surface area contributed by atoms with Crippen molar-refractivity contribution in [1.29, 1.82) is 0 Å². The van der Waals surface area contributed by atoms with Gasteiger partial charge in [-0.15, -0.1) is 0 Å². The molecule has 0 spiro atoms. The number of hydrogen-bond donors (Lipinski definition) is 2. The molecule has 0 saturated carbocycles. The SMILES string of the molecule is CC1Cc2ccccc2N1S(=O)(=O)c1c[nH]c(C(=O)O)c1. The fourth-order valence-electron chi connectivity index (χ4n) is 2.66. The molecule has 7 heteroatoms. The van der Waals surface area contributed by atoms with Crippen LogP contribution in [0.3, 0.4) is 0 Å². The predicted octanol–water partition coefficient (Wildman–Crippen LogP) is 1.85. The van der Waals surface area contributed by atoms with Crippen molar-refractivity contribution in [2.45, 2.75) is 24.3 Å². The summed E-state index contributed by atoms with van der Waals surface area (Å²) in [6, 6.07) is 8.28. The fraction of sp³-hybridized carbons (Fsp3) is 0.214. The summed E-state index contributed by atoms with van der Waals surface area (Å²) in [6.07, 6.45) is 1.86. The molecule has 0 fully saturated rings. The van der Waals surface area contributed by atoms with Crippen molar-refractivity contribution in [3.05, 3.63) is 47.8 Å². The highest BCUT2D eigenvalue weighted by Gasteiger charge is 2.36. The normalized spacial score (nSPS) is 17.8. The number of rotatable bonds is 3. The van der Waals surface area contributed by atoms with Gasteiger partial charge in [-0.25, -0.2) is 13.2 Å². The quantitative estimate of drug-likeness (QED) is 0.905. The first-order valence-electron chi connectivity index (χ1n) is 6.45. The number of hydrogen-bond acceptors (Lipinski definition) is 3. The first-order valence-corrected chi connectivity index (χ1v) is 7.89. The lowest BCUT2D eigenvalue weighted by atomic mass is 10.1. The number of aromatic amines is 1. The summed E-state index contributed by atoms with van der Waals surface area (Å²) in [5, 5.41) is 8.90. The number of sulfonamides is 1. The predicted molar refractivity (Wildman–Crippen MR) is 77.0 cm³/mol. The van der Waals surface area contributed by atoms with Crippen molar-refractivity contribution < 1.29 is 18.3 Å². The smallest absolute Gasteiger partial charge is 0.352 e. The Morgan fingerprint density at radius 1 is 1.38 bits per heavy atom. The summed E-state index contributed by atoms with van der Waals surface area (Å²) >= 11 is 0. The van der Waals surface area contributed by atoms with Gasteiger partial charge in [-0.05, 0) is 31.0 Å². The lowest BCUT2D eigenvalue weighted by molar-refractivity contribution is 0.0691. The number of carbonyl (C=O) groups is 1. The maximum absolute atomic E-state index is 12.8. The Kier molecular flexibility index (Phi) is 3.02.